The summed E-state index contributed by atoms with van der Waals surface area (Å²) in [7, 11) is 0. The van der Waals surface area contributed by atoms with Crippen LogP contribution in [0.1, 0.15) is 65.5 Å². The highest BCUT2D eigenvalue weighted by molar-refractivity contribution is 5.68. The number of rotatable bonds is 0. The minimum absolute atomic E-state index is 1.19. The minimum atomic E-state index is 1.19. The zero-order valence-electron chi connectivity index (χ0n) is 12.9. The maximum absolute atomic E-state index is 2.30. The fourth-order valence-electron chi connectivity index (χ4n) is 1.84. The molecule has 1 aromatic rings. The average Bonchev–Trinajstić information content (AvgIpc) is 2.42. The Balaban J connectivity index is 0.000000659. The topological polar surface area (TPSA) is 0 Å². The lowest BCUT2D eigenvalue weighted by Crippen LogP contribution is -1.89. The molecule has 0 radical (unpaired) electrons. The van der Waals surface area contributed by atoms with E-state index >= 15 is 0 Å². The van der Waals surface area contributed by atoms with Crippen LogP contribution in [0.2, 0.25) is 0 Å². The van der Waals surface area contributed by atoms with Crippen molar-refractivity contribution in [2.75, 3.05) is 0 Å². The van der Waals surface area contributed by atoms with Crippen molar-refractivity contribution in [1.82, 2.24) is 0 Å². The third-order valence-corrected chi connectivity index (χ3v) is 2.71. The SMILES string of the molecule is CC.CC.CC1=Cc2ccccc2C=C(C)CC1. The molecule has 1 aliphatic carbocycles. The van der Waals surface area contributed by atoms with Crippen molar-refractivity contribution < 1.29 is 0 Å². The lowest BCUT2D eigenvalue weighted by molar-refractivity contribution is 0.934. The molecule has 0 amide bonds. The van der Waals surface area contributed by atoms with Crippen molar-refractivity contribution in [3.8, 4) is 0 Å². The maximum atomic E-state index is 2.30. The summed E-state index contributed by atoms with van der Waals surface area (Å²) in [5.74, 6) is 0. The van der Waals surface area contributed by atoms with Crippen LogP contribution in [0.3, 0.4) is 0 Å². The molecule has 100 valence electrons. The van der Waals surface area contributed by atoms with Gasteiger partial charge in [-0.2, -0.15) is 0 Å². The molecule has 0 N–H and O–H groups in total. The molecule has 18 heavy (non-hydrogen) atoms. The molecule has 0 saturated carbocycles. The summed E-state index contributed by atoms with van der Waals surface area (Å²) >= 11 is 0. The molecular formula is C18H28. The molecule has 0 heteroatoms. The summed E-state index contributed by atoms with van der Waals surface area (Å²) in [6.07, 6.45) is 6.99. The van der Waals surface area contributed by atoms with E-state index in [2.05, 4.69) is 50.3 Å². The van der Waals surface area contributed by atoms with Crippen molar-refractivity contribution >= 4 is 12.2 Å². The van der Waals surface area contributed by atoms with E-state index in [1.807, 2.05) is 27.7 Å². The van der Waals surface area contributed by atoms with Gasteiger partial charge < -0.3 is 0 Å². The molecule has 1 aromatic carbocycles. The normalized spacial score (nSPS) is 13.2. The summed E-state index contributed by atoms with van der Waals surface area (Å²) in [5, 5.41) is 0. The molecule has 0 fully saturated rings. The maximum Gasteiger partial charge on any atom is -0.0185 e. The lowest BCUT2D eigenvalue weighted by atomic mass is 9.96. The molecule has 1 aliphatic rings. The number of allylic oxidation sites excluding steroid dienone is 2. The van der Waals surface area contributed by atoms with Crippen LogP contribution in [0.15, 0.2) is 35.4 Å². The number of fused-ring (bicyclic) bond motifs is 1. The molecule has 2 rings (SSSR count). The van der Waals surface area contributed by atoms with Crippen LogP contribution in [0.4, 0.5) is 0 Å². The second kappa shape index (κ2) is 9.70. The van der Waals surface area contributed by atoms with Gasteiger partial charge in [-0.05, 0) is 37.8 Å². The molecule has 0 aromatic heterocycles. The number of hydrogen-bond acceptors (Lipinski definition) is 0. The van der Waals surface area contributed by atoms with E-state index in [4.69, 9.17) is 0 Å². The standard InChI is InChI=1S/C14H16.2C2H6/c1-11-7-8-12(2)10-14-6-4-3-5-13(14)9-11;2*1-2/h3-6,9-10H,7-8H2,1-2H3;2*1-2H3. The molecular weight excluding hydrogens is 216 g/mol. The van der Waals surface area contributed by atoms with Crippen molar-refractivity contribution in [1.29, 1.82) is 0 Å². The third-order valence-electron chi connectivity index (χ3n) is 2.71. The smallest absolute Gasteiger partial charge is 0.0185 e. The van der Waals surface area contributed by atoms with Gasteiger partial charge in [-0.25, -0.2) is 0 Å². The van der Waals surface area contributed by atoms with Gasteiger partial charge >= 0.3 is 0 Å². The predicted octanol–water partition coefficient (Wildman–Crippen LogP) is 6.34. The molecule has 0 atom stereocenters. The van der Waals surface area contributed by atoms with Gasteiger partial charge in [0.1, 0.15) is 0 Å². The van der Waals surface area contributed by atoms with Crippen molar-refractivity contribution in [3.63, 3.8) is 0 Å². The Kier molecular flexibility index (Phi) is 9.00. The van der Waals surface area contributed by atoms with E-state index in [0.717, 1.165) is 0 Å². The first kappa shape index (κ1) is 16.7. The van der Waals surface area contributed by atoms with Gasteiger partial charge in [-0.1, -0.05) is 75.3 Å². The lowest BCUT2D eigenvalue weighted by Gasteiger charge is -2.10. The van der Waals surface area contributed by atoms with Crippen molar-refractivity contribution in [2.24, 2.45) is 0 Å². The summed E-state index contributed by atoms with van der Waals surface area (Å²) < 4.78 is 0. The largest absolute Gasteiger partial charge is 0.0724 e. The average molecular weight is 244 g/mol. The van der Waals surface area contributed by atoms with E-state index in [-0.39, 0.29) is 0 Å². The van der Waals surface area contributed by atoms with Crippen LogP contribution in [0, 0.1) is 0 Å². The van der Waals surface area contributed by atoms with Gasteiger partial charge in [-0.15, -0.1) is 0 Å². The monoisotopic (exact) mass is 244 g/mol. The molecule has 0 unspecified atom stereocenters. The van der Waals surface area contributed by atoms with Crippen LogP contribution in [-0.2, 0) is 0 Å². The Morgan fingerprint density at radius 2 is 1.00 bits per heavy atom. The number of hydrogen-bond donors (Lipinski definition) is 0. The zero-order chi connectivity index (χ0) is 14.0. The van der Waals surface area contributed by atoms with Crippen LogP contribution in [0.5, 0.6) is 0 Å². The summed E-state index contributed by atoms with van der Waals surface area (Å²) in [4.78, 5) is 0. The Morgan fingerprint density at radius 3 is 1.33 bits per heavy atom. The fraction of sp³-hybridized carbons (Fsp3) is 0.444. The first-order chi connectivity index (χ1) is 8.75. The van der Waals surface area contributed by atoms with Gasteiger partial charge in [-0.3, -0.25) is 0 Å². The summed E-state index contributed by atoms with van der Waals surface area (Å²) in [5.41, 5.74) is 5.66. The Labute approximate surface area is 113 Å². The van der Waals surface area contributed by atoms with Gasteiger partial charge in [0.05, 0.1) is 0 Å². The highest BCUT2D eigenvalue weighted by atomic mass is 14.1. The van der Waals surface area contributed by atoms with E-state index in [1.54, 1.807) is 0 Å². The Hall–Kier alpha value is -1.30. The van der Waals surface area contributed by atoms with Crippen LogP contribution >= 0.6 is 0 Å². The van der Waals surface area contributed by atoms with Gasteiger partial charge in [0.2, 0.25) is 0 Å². The highest BCUT2D eigenvalue weighted by Gasteiger charge is 2.02. The van der Waals surface area contributed by atoms with Crippen molar-refractivity contribution in [2.45, 2.75) is 54.4 Å². The first-order valence-electron chi connectivity index (χ1n) is 7.19. The molecule has 0 aliphatic heterocycles. The van der Waals surface area contributed by atoms with E-state index in [9.17, 15) is 0 Å². The minimum Gasteiger partial charge on any atom is -0.0724 e. The van der Waals surface area contributed by atoms with E-state index in [1.165, 1.54) is 35.1 Å². The van der Waals surface area contributed by atoms with Gasteiger partial charge in [0.25, 0.3) is 0 Å². The molecule has 0 bridgehead atoms. The van der Waals surface area contributed by atoms with Crippen LogP contribution < -0.4 is 0 Å². The fourth-order valence-corrected chi connectivity index (χ4v) is 1.84. The van der Waals surface area contributed by atoms with E-state index in [0.29, 0.717) is 0 Å². The molecule has 0 heterocycles. The molecule has 0 saturated heterocycles. The molecule has 0 nitrogen and oxygen atoms in total. The summed E-state index contributed by atoms with van der Waals surface area (Å²) in [6.45, 7) is 12.4. The summed E-state index contributed by atoms with van der Waals surface area (Å²) in [6, 6.07) is 8.59. The predicted molar refractivity (Wildman–Crippen MR) is 85.7 cm³/mol. The Morgan fingerprint density at radius 1 is 0.667 bits per heavy atom. The quantitative estimate of drug-likeness (QED) is 0.499. The van der Waals surface area contributed by atoms with E-state index < -0.39 is 0 Å². The van der Waals surface area contributed by atoms with Crippen LogP contribution in [0.25, 0.3) is 12.2 Å². The van der Waals surface area contributed by atoms with Crippen LogP contribution in [-0.4, -0.2) is 0 Å². The van der Waals surface area contributed by atoms with Crippen molar-refractivity contribution in [3.05, 3.63) is 46.5 Å². The second-order valence-corrected chi connectivity index (χ2v) is 4.11. The molecule has 0 spiro atoms. The highest BCUT2D eigenvalue weighted by Crippen LogP contribution is 2.23. The zero-order valence-corrected chi connectivity index (χ0v) is 12.9. The second-order valence-electron chi connectivity index (χ2n) is 4.11. The first-order valence-corrected chi connectivity index (χ1v) is 7.19. The van der Waals surface area contributed by atoms with Gasteiger partial charge in [0.15, 0.2) is 0 Å². The third kappa shape index (κ3) is 5.35. The van der Waals surface area contributed by atoms with Gasteiger partial charge in [0, 0.05) is 0 Å². The Bertz CT molecular complexity index is 355. The number of benzene rings is 1.